The zero-order chi connectivity index (χ0) is 53.5. The molecule has 0 aromatic heterocycles. The van der Waals surface area contributed by atoms with E-state index in [9.17, 15) is 63.6 Å². The van der Waals surface area contributed by atoms with Gasteiger partial charge in [-0.3, -0.25) is 48.3 Å². The summed E-state index contributed by atoms with van der Waals surface area (Å²) in [6.07, 6.45) is 1.53. The monoisotopic (exact) mass is 1030 g/mol. The summed E-state index contributed by atoms with van der Waals surface area (Å²) in [4.78, 5) is 131. The van der Waals surface area contributed by atoms with E-state index in [1.54, 1.807) is 20.1 Å². The van der Waals surface area contributed by atoms with Gasteiger partial charge in [0, 0.05) is 26.2 Å². The average Bonchev–Trinajstić information content (AvgIpc) is 4.02. The maximum Gasteiger partial charge on any atom is 0.326 e. The molecule has 0 aromatic carbocycles. The van der Waals surface area contributed by atoms with Crippen LogP contribution in [0.25, 0.3) is 0 Å². The topological polar surface area (TPSA) is 468 Å². The first-order valence-electron chi connectivity index (χ1n) is 23.4. The molecule has 2 fully saturated rings. The van der Waals surface area contributed by atoms with Crippen molar-refractivity contribution in [3.05, 3.63) is 0 Å². The van der Waals surface area contributed by atoms with Crippen LogP contribution in [0.15, 0.2) is 9.98 Å². The number of nitrogens with one attached hydrogen (secondary N) is 6. The lowest BCUT2D eigenvalue weighted by atomic mass is 10.0. The molecular formula is C42H75N15O13S. The molecule has 2 aliphatic rings. The number of rotatable bonds is 30. The molecule has 0 spiro atoms. The van der Waals surface area contributed by atoms with Gasteiger partial charge in [0.1, 0.15) is 54.4 Å². The molecular weight excluding hydrogens is 955 g/mol. The summed E-state index contributed by atoms with van der Waals surface area (Å²) in [6.45, 7) is 3.00. The number of carboxylic acids is 1. The molecule has 402 valence electrons. The quantitative estimate of drug-likeness (QED) is 0.0181. The molecule has 0 bridgehead atoms. The fraction of sp³-hybridized carbons (Fsp3) is 0.738. The highest BCUT2D eigenvalue weighted by Gasteiger charge is 2.44. The van der Waals surface area contributed by atoms with Crippen molar-refractivity contribution >= 4 is 76.9 Å². The van der Waals surface area contributed by atoms with Crippen molar-refractivity contribution in [1.82, 2.24) is 41.7 Å². The summed E-state index contributed by atoms with van der Waals surface area (Å²) in [5, 5.41) is 54.9. The second-order valence-electron chi connectivity index (χ2n) is 17.6. The SMILES string of the molecule is CSCC[C@H](NC(=O)[C@@H](N)CO)C(=O)N[C@H](C(=O)N[C@@H](CCCN=C(N)N)C(=O)N[C@@H](CO)C(=O)N1CCC[C@H]1C(=O)N1CCC[C@H]1C(=O)N[C@@H](CCCN=C(N)N)C(=O)N[C@H](C(=O)O)C(C)C)[C@@H](C)O. The van der Waals surface area contributed by atoms with Gasteiger partial charge in [0.2, 0.25) is 47.3 Å². The number of aliphatic hydroxyl groups is 3. The van der Waals surface area contributed by atoms with Crippen LogP contribution in [0.3, 0.4) is 0 Å². The third-order valence-electron chi connectivity index (χ3n) is 11.7. The number of nitrogens with zero attached hydrogens (tertiary/aromatic N) is 4. The first kappa shape index (κ1) is 61.1. The molecule has 0 aromatic rings. The minimum atomic E-state index is -1.69. The number of guanidine groups is 2. The number of hydrogen-bond acceptors (Lipinski definition) is 16. The van der Waals surface area contributed by atoms with Crippen molar-refractivity contribution in [2.75, 3.05) is 51.4 Å². The van der Waals surface area contributed by atoms with E-state index in [0.29, 0.717) is 18.6 Å². The third kappa shape index (κ3) is 19.6. The number of carboxylic acid groups (broad SMARTS) is 1. The van der Waals surface area contributed by atoms with Gasteiger partial charge in [0.25, 0.3) is 0 Å². The molecule has 0 aliphatic carbocycles. The Morgan fingerprint density at radius 3 is 1.61 bits per heavy atom. The van der Waals surface area contributed by atoms with Crippen molar-refractivity contribution in [2.24, 2.45) is 44.6 Å². The Hall–Kier alpha value is -6.04. The van der Waals surface area contributed by atoms with E-state index in [2.05, 4.69) is 41.9 Å². The molecule has 28 nitrogen and oxygen atoms in total. The van der Waals surface area contributed by atoms with Crippen molar-refractivity contribution < 1.29 is 63.6 Å². The molecule has 2 rings (SSSR count). The number of nitrogens with two attached hydrogens (primary N) is 5. The van der Waals surface area contributed by atoms with Crippen LogP contribution in [-0.2, 0) is 43.2 Å². The summed E-state index contributed by atoms with van der Waals surface area (Å²) < 4.78 is 0. The summed E-state index contributed by atoms with van der Waals surface area (Å²) in [5.74, 6) is -8.49. The molecule has 71 heavy (non-hydrogen) atoms. The number of aliphatic carboxylic acids is 1. The fourth-order valence-corrected chi connectivity index (χ4v) is 8.28. The molecule has 0 unspecified atom stereocenters. The normalized spacial score (nSPS) is 18.8. The zero-order valence-electron chi connectivity index (χ0n) is 40.7. The maximum absolute atomic E-state index is 14.3. The Balaban J connectivity index is 2.31. The number of carbonyl (C=O) groups is 9. The summed E-state index contributed by atoms with van der Waals surface area (Å²) >= 11 is 1.36. The molecule has 0 radical (unpaired) electrons. The molecule has 20 N–H and O–H groups in total. The predicted molar refractivity (Wildman–Crippen MR) is 260 cm³/mol. The maximum atomic E-state index is 14.3. The van der Waals surface area contributed by atoms with Gasteiger partial charge in [-0.1, -0.05) is 13.8 Å². The minimum absolute atomic E-state index is 0.00259. The van der Waals surface area contributed by atoms with E-state index >= 15 is 0 Å². The van der Waals surface area contributed by atoms with E-state index in [0.717, 1.165) is 0 Å². The Labute approximate surface area is 416 Å². The van der Waals surface area contributed by atoms with Crippen molar-refractivity contribution in [1.29, 1.82) is 0 Å². The van der Waals surface area contributed by atoms with Crippen LogP contribution in [0.5, 0.6) is 0 Å². The van der Waals surface area contributed by atoms with Gasteiger partial charge in [-0.2, -0.15) is 11.8 Å². The van der Waals surface area contributed by atoms with E-state index in [1.807, 2.05) is 0 Å². The van der Waals surface area contributed by atoms with Crippen LogP contribution in [0.1, 0.15) is 78.6 Å². The molecule has 2 saturated heterocycles. The predicted octanol–water partition coefficient (Wildman–Crippen LogP) is -6.83. The van der Waals surface area contributed by atoms with Crippen LogP contribution >= 0.6 is 11.8 Å². The summed E-state index contributed by atoms with van der Waals surface area (Å²) in [7, 11) is 0. The lowest BCUT2D eigenvalue weighted by Crippen LogP contribution is -2.62. The minimum Gasteiger partial charge on any atom is -0.480 e. The van der Waals surface area contributed by atoms with Gasteiger partial charge in [-0.05, 0) is 82.6 Å². The Kier molecular flexibility index (Phi) is 26.4. The summed E-state index contributed by atoms with van der Waals surface area (Å²) in [6, 6.07) is -12.1. The van der Waals surface area contributed by atoms with E-state index in [1.165, 1.54) is 28.5 Å². The van der Waals surface area contributed by atoms with E-state index < -0.39 is 133 Å². The second-order valence-corrected chi connectivity index (χ2v) is 18.6. The highest BCUT2D eigenvalue weighted by atomic mass is 32.2. The molecule has 29 heteroatoms. The standard InChI is InChI=1S/C42H75N15O13S/c1-21(2)30(40(69)70)54-34(63)25(10-6-15-49-42(46)47)51-36(65)28-11-7-16-56(28)39(68)29-12-8-17-57(29)38(67)27(20-59)53-33(62)24(9-5-14-48-41(44)45)52-37(66)31(22(3)60)55-35(64)26(13-18-71-4)50-32(61)23(43)19-58/h21-31,58-60H,5-20,43H2,1-4H3,(H,50,61)(H,51,65)(H,52,66)(H,53,62)(H,54,63)(H,55,64)(H,69,70)(H4,44,45,48)(H4,46,47,49)/t22-,23+,24+,25+,26+,27+,28+,29+,30+,31+/m1/s1. The van der Waals surface area contributed by atoms with Gasteiger partial charge < -0.3 is 90.8 Å². The molecule has 10 atom stereocenters. The van der Waals surface area contributed by atoms with Gasteiger partial charge in [0.05, 0.1) is 19.3 Å². The first-order chi connectivity index (χ1) is 33.5. The zero-order valence-corrected chi connectivity index (χ0v) is 41.5. The van der Waals surface area contributed by atoms with Crippen molar-refractivity contribution in [2.45, 2.75) is 139 Å². The van der Waals surface area contributed by atoms with Crippen molar-refractivity contribution in [3.63, 3.8) is 0 Å². The Morgan fingerprint density at radius 2 is 1.11 bits per heavy atom. The van der Waals surface area contributed by atoms with E-state index in [-0.39, 0.29) is 83.0 Å². The second kappa shape index (κ2) is 30.6. The van der Waals surface area contributed by atoms with Crippen LogP contribution in [-0.4, -0.2) is 207 Å². The molecule has 2 aliphatic heterocycles. The van der Waals surface area contributed by atoms with Gasteiger partial charge in [0.15, 0.2) is 11.9 Å². The van der Waals surface area contributed by atoms with Crippen LogP contribution < -0.4 is 60.6 Å². The van der Waals surface area contributed by atoms with E-state index in [4.69, 9.17) is 28.7 Å². The number of hydrogen-bond donors (Lipinski definition) is 15. The first-order valence-corrected chi connectivity index (χ1v) is 24.8. The number of carbonyl (C=O) groups excluding carboxylic acids is 8. The van der Waals surface area contributed by atoms with Gasteiger partial charge in [-0.15, -0.1) is 0 Å². The smallest absolute Gasteiger partial charge is 0.326 e. The van der Waals surface area contributed by atoms with Crippen LogP contribution in [0.4, 0.5) is 0 Å². The largest absolute Gasteiger partial charge is 0.480 e. The highest BCUT2D eigenvalue weighted by Crippen LogP contribution is 2.26. The van der Waals surface area contributed by atoms with Gasteiger partial charge in [-0.25, -0.2) is 4.79 Å². The lowest BCUT2D eigenvalue weighted by molar-refractivity contribution is -0.148. The molecule has 0 saturated carbocycles. The number of thioether (sulfide) groups is 1. The third-order valence-corrected chi connectivity index (χ3v) is 12.3. The number of likely N-dealkylation sites (tertiary alicyclic amines) is 2. The van der Waals surface area contributed by atoms with Crippen molar-refractivity contribution in [3.8, 4) is 0 Å². The number of amides is 8. The fourth-order valence-electron chi connectivity index (χ4n) is 7.81. The Morgan fingerprint density at radius 1 is 0.634 bits per heavy atom. The lowest BCUT2D eigenvalue weighted by Gasteiger charge is -2.33. The highest BCUT2D eigenvalue weighted by molar-refractivity contribution is 7.98. The number of aliphatic imine (C=N–C) groups is 2. The molecule has 8 amide bonds. The number of aliphatic hydroxyl groups excluding tert-OH is 3. The Bertz CT molecular complexity index is 1900. The summed E-state index contributed by atoms with van der Waals surface area (Å²) in [5.41, 5.74) is 27.3. The van der Waals surface area contributed by atoms with Crippen LogP contribution in [0.2, 0.25) is 0 Å². The van der Waals surface area contributed by atoms with Crippen LogP contribution in [0, 0.1) is 5.92 Å². The average molecular weight is 1030 g/mol. The molecule has 2 heterocycles. The van der Waals surface area contributed by atoms with Gasteiger partial charge >= 0.3 is 5.97 Å².